The summed E-state index contributed by atoms with van der Waals surface area (Å²) in [6, 6.07) is 11.9. The molecule has 0 unspecified atom stereocenters. The van der Waals surface area contributed by atoms with Gasteiger partial charge in [0.2, 0.25) is 5.13 Å². The van der Waals surface area contributed by atoms with E-state index in [9.17, 15) is 4.39 Å². The van der Waals surface area contributed by atoms with Crippen LogP contribution in [-0.4, -0.2) is 9.97 Å². The monoisotopic (exact) mass is 383 g/mol. The number of unbranched alkanes of at least 4 members (excludes halogenated alkanes) is 5. The van der Waals surface area contributed by atoms with Crippen molar-refractivity contribution in [2.24, 2.45) is 0 Å². The molecule has 3 nitrogen and oxygen atoms in total. The van der Waals surface area contributed by atoms with E-state index in [-0.39, 0.29) is 5.13 Å². The van der Waals surface area contributed by atoms with Gasteiger partial charge in [-0.25, -0.2) is 4.98 Å². The normalized spacial score (nSPS) is 10.9. The molecule has 0 saturated carbocycles. The fourth-order valence-electron chi connectivity index (χ4n) is 3.02. The fourth-order valence-corrected chi connectivity index (χ4v) is 3.76. The van der Waals surface area contributed by atoms with Crippen molar-refractivity contribution in [2.45, 2.75) is 51.9 Å². The molecule has 0 aliphatic rings. The Balaban J connectivity index is 1.53. The van der Waals surface area contributed by atoms with E-state index in [1.165, 1.54) is 44.1 Å². The lowest BCUT2D eigenvalue weighted by molar-refractivity contribution is 0.607. The van der Waals surface area contributed by atoms with E-state index in [0.29, 0.717) is 16.4 Å². The molecule has 0 saturated heterocycles. The second-order valence-corrected chi connectivity index (χ2v) is 7.67. The molecule has 3 rings (SSSR count). The largest absolute Gasteiger partial charge is 0.331 e. The van der Waals surface area contributed by atoms with Crippen molar-refractivity contribution >= 4 is 22.2 Å². The summed E-state index contributed by atoms with van der Waals surface area (Å²) in [7, 11) is 0. The number of rotatable bonds is 10. The first-order valence-electron chi connectivity index (χ1n) is 9.69. The van der Waals surface area contributed by atoms with Crippen molar-refractivity contribution in [3.05, 3.63) is 59.5 Å². The maximum Gasteiger partial charge on any atom is 0.206 e. The van der Waals surface area contributed by atoms with Gasteiger partial charge < -0.3 is 5.32 Å². The Morgan fingerprint density at radius 3 is 2.52 bits per heavy atom. The first kappa shape index (κ1) is 19.5. The van der Waals surface area contributed by atoms with E-state index in [4.69, 9.17) is 0 Å². The number of hydrogen-bond donors (Lipinski definition) is 1. The third kappa shape index (κ3) is 5.86. The molecule has 0 atom stereocenters. The molecule has 142 valence electrons. The second kappa shape index (κ2) is 10.2. The van der Waals surface area contributed by atoms with Crippen LogP contribution in [0.1, 0.15) is 51.0 Å². The van der Waals surface area contributed by atoms with Crippen molar-refractivity contribution in [3.8, 4) is 11.3 Å². The Kier molecular flexibility index (Phi) is 7.34. The van der Waals surface area contributed by atoms with Gasteiger partial charge in [0.25, 0.3) is 0 Å². The number of nitrogens with one attached hydrogen (secondary N) is 1. The summed E-state index contributed by atoms with van der Waals surface area (Å²) in [5.41, 5.74) is 3.30. The minimum Gasteiger partial charge on any atom is -0.331 e. The number of halogens is 1. The van der Waals surface area contributed by atoms with Crippen LogP contribution in [0.5, 0.6) is 0 Å². The van der Waals surface area contributed by atoms with E-state index in [0.717, 1.165) is 23.4 Å². The van der Waals surface area contributed by atoms with Gasteiger partial charge in [0.05, 0.1) is 0 Å². The van der Waals surface area contributed by atoms with Crippen LogP contribution >= 0.6 is 11.3 Å². The number of nitrogens with zero attached hydrogens (tertiary/aromatic N) is 2. The molecule has 0 aliphatic carbocycles. The Bertz CT molecular complexity index is 815. The van der Waals surface area contributed by atoms with Gasteiger partial charge in [-0.1, -0.05) is 62.5 Å². The van der Waals surface area contributed by atoms with Gasteiger partial charge in [0, 0.05) is 23.6 Å². The van der Waals surface area contributed by atoms with Gasteiger partial charge in [0.15, 0.2) is 5.13 Å². The van der Waals surface area contributed by atoms with Crippen LogP contribution in [0.3, 0.4) is 0 Å². The summed E-state index contributed by atoms with van der Waals surface area (Å²) in [5, 5.41) is 3.45. The van der Waals surface area contributed by atoms with E-state index in [2.05, 4.69) is 34.3 Å². The molecular formula is C22H26FN3S. The molecule has 1 N–H and O–H groups in total. The number of anilines is 2. The Labute approximate surface area is 164 Å². The molecule has 27 heavy (non-hydrogen) atoms. The zero-order chi connectivity index (χ0) is 18.9. The van der Waals surface area contributed by atoms with Crippen LogP contribution in [0.2, 0.25) is 0 Å². The lowest BCUT2D eigenvalue weighted by Gasteiger charge is -2.05. The predicted octanol–water partition coefficient (Wildman–Crippen LogP) is 6.99. The van der Waals surface area contributed by atoms with E-state index in [1.54, 1.807) is 18.5 Å². The highest BCUT2D eigenvalue weighted by molar-refractivity contribution is 7.14. The molecule has 2 heterocycles. The van der Waals surface area contributed by atoms with Gasteiger partial charge in [0.1, 0.15) is 5.69 Å². The van der Waals surface area contributed by atoms with E-state index in [1.807, 2.05) is 18.2 Å². The van der Waals surface area contributed by atoms with Crippen molar-refractivity contribution in [1.29, 1.82) is 0 Å². The van der Waals surface area contributed by atoms with Crippen LogP contribution < -0.4 is 5.32 Å². The van der Waals surface area contributed by atoms with Crippen LogP contribution in [-0.2, 0) is 6.42 Å². The van der Waals surface area contributed by atoms with Crippen molar-refractivity contribution in [1.82, 2.24) is 9.97 Å². The standard InChI is InChI=1S/C22H26FN3S/c1-2-3-4-5-6-7-9-17-11-13-19(14-12-17)25-22-26-20(21(23)27-22)18-10-8-15-24-16-18/h8,10-16H,2-7,9H2,1H3,(H,25,26). The number of pyridine rings is 1. The molecule has 5 heteroatoms. The average Bonchev–Trinajstić information content (AvgIpc) is 3.06. The third-order valence-electron chi connectivity index (χ3n) is 4.54. The van der Waals surface area contributed by atoms with E-state index >= 15 is 0 Å². The quantitative estimate of drug-likeness (QED) is 0.383. The number of benzene rings is 1. The van der Waals surface area contributed by atoms with Crippen molar-refractivity contribution < 1.29 is 4.39 Å². The average molecular weight is 384 g/mol. The van der Waals surface area contributed by atoms with Gasteiger partial charge in [-0.15, -0.1) is 0 Å². The summed E-state index contributed by atoms with van der Waals surface area (Å²) >= 11 is 1.01. The molecule has 2 aromatic heterocycles. The Morgan fingerprint density at radius 2 is 1.78 bits per heavy atom. The molecule has 0 radical (unpaired) electrons. The molecule has 0 amide bonds. The maximum atomic E-state index is 14.2. The fraction of sp³-hybridized carbons (Fsp3) is 0.364. The summed E-state index contributed by atoms with van der Waals surface area (Å²) < 4.78 is 14.2. The number of aromatic nitrogens is 2. The summed E-state index contributed by atoms with van der Waals surface area (Å²) in [4.78, 5) is 8.40. The van der Waals surface area contributed by atoms with Crippen molar-refractivity contribution in [2.75, 3.05) is 5.32 Å². The highest BCUT2D eigenvalue weighted by Gasteiger charge is 2.13. The molecule has 3 aromatic rings. The summed E-state index contributed by atoms with van der Waals surface area (Å²) in [6.07, 6.45) is 12.3. The van der Waals surface area contributed by atoms with Crippen LogP contribution in [0, 0.1) is 5.13 Å². The minimum atomic E-state index is -0.301. The second-order valence-electron chi connectivity index (χ2n) is 6.72. The topological polar surface area (TPSA) is 37.8 Å². The summed E-state index contributed by atoms with van der Waals surface area (Å²) in [5.74, 6) is 0. The maximum absolute atomic E-state index is 14.2. The first-order chi connectivity index (χ1) is 13.3. The first-order valence-corrected chi connectivity index (χ1v) is 10.5. The molecule has 0 aliphatic heterocycles. The zero-order valence-corrected chi connectivity index (χ0v) is 16.6. The molecule has 1 aromatic carbocycles. The van der Waals surface area contributed by atoms with Gasteiger partial charge in [-0.3, -0.25) is 4.98 Å². The van der Waals surface area contributed by atoms with Crippen LogP contribution in [0.15, 0.2) is 48.8 Å². The zero-order valence-electron chi connectivity index (χ0n) is 15.7. The lowest BCUT2D eigenvalue weighted by atomic mass is 10.0. The molecule has 0 bridgehead atoms. The van der Waals surface area contributed by atoms with Crippen molar-refractivity contribution in [3.63, 3.8) is 0 Å². The Hall–Kier alpha value is -2.27. The summed E-state index contributed by atoms with van der Waals surface area (Å²) in [6.45, 7) is 2.25. The molecular weight excluding hydrogens is 357 g/mol. The SMILES string of the molecule is CCCCCCCCc1ccc(Nc2nc(-c3cccnc3)c(F)s2)cc1. The predicted molar refractivity (Wildman–Crippen MR) is 112 cm³/mol. The number of thiazole rings is 1. The molecule has 0 spiro atoms. The van der Waals surface area contributed by atoms with Crippen LogP contribution in [0.25, 0.3) is 11.3 Å². The number of hydrogen-bond acceptors (Lipinski definition) is 4. The van der Waals surface area contributed by atoms with Gasteiger partial charge >= 0.3 is 0 Å². The van der Waals surface area contributed by atoms with Gasteiger partial charge in [-0.2, -0.15) is 4.39 Å². The lowest BCUT2D eigenvalue weighted by Crippen LogP contribution is -1.91. The van der Waals surface area contributed by atoms with E-state index < -0.39 is 0 Å². The smallest absolute Gasteiger partial charge is 0.206 e. The highest BCUT2D eigenvalue weighted by Crippen LogP contribution is 2.30. The minimum absolute atomic E-state index is 0.301. The highest BCUT2D eigenvalue weighted by atomic mass is 32.1. The third-order valence-corrected chi connectivity index (χ3v) is 5.30. The molecule has 0 fully saturated rings. The van der Waals surface area contributed by atoms with Crippen LogP contribution in [0.4, 0.5) is 15.2 Å². The number of aryl methyl sites for hydroxylation is 1. The Morgan fingerprint density at radius 1 is 1.00 bits per heavy atom. The van der Waals surface area contributed by atoms with Gasteiger partial charge in [-0.05, 0) is 42.7 Å².